The summed E-state index contributed by atoms with van der Waals surface area (Å²) < 4.78 is 3.26. The fourth-order valence-corrected chi connectivity index (χ4v) is 2.63. The van der Waals surface area contributed by atoms with Gasteiger partial charge in [-0.05, 0) is 51.1 Å². The molecule has 19 heavy (non-hydrogen) atoms. The Kier molecular flexibility index (Phi) is 4.42. The van der Waals surface area contributed by atoms with Gasteiger partial charge in [-0.25, -0.2) is 4.98 Å². The van der Waals surface area contributed by atoms with Crippen LogP contribution in [0.15, 0.2) is 29.0 Å². The molecule has 0 aliphatic rings. The van der Waals surface area contributed by atoms with Gasteiger partial charge in [0.2, 0.25) is 0 Å². The second kappa shape index (κ2) is 5.88. The van der Waals surface area contributed by atoms with E-state index in [-0.39, 0.29) is 0 Å². The van der Waals surface area contributed by atoms with Crippen LogP contribution >= 0.6 is 15.9 Å². The van der Waals surface area contributed by atoms with Gasteiger partial charge >= 0.3 is 0 Å². The Labute approximate surface area is 123 Å². The Bertz CT molecular complexity index is 575. The second-order valence-electron chi connectivity index (χ2n) is 4.77. The predicted octanol–water partition coefficient (Wildman–Crippen LogP) is 3.92. The summed E-state index contributed by atoms with van der Waals surface area (Å²) in [5, 5.41) is 3.47. The van der Waals surface area contributed by atoms with Crippen LogP contribution in [0.25, 0.3) is 5.69 Å². The Balaban J connectivity index is 2.53. The molecule has 102 valence electrons. The SMILES string of the molecule is CCNC(C)c1cc(Br)ccc1-n1cnc(C)c1C. The summed E-state index contributed by atoms with van der Waals surface area (Å²) in [4.78, 5) is 4.39. The van der Waals surface area contributed by atoms with Crippen molar-refractivity contribution in [2.24, 2.45) is 0 Å². The quantitative estimate of drug-likeness (QED) is 0.924. The summed E-state index contributed by atoms with van der Waals surface area (Å²) in [7, 11) is 0. The molecule has 3 nitrogen and oxygen atoms in total. The highest BCUT2D eigenvalue weighted by atomic mass is 79.9. The van der Waals surface area contributed by atoms with Crippen LogP contribution in [0.4, 0.5) is 0 Å². The fourth-order valence-electron chi connectivity index (χ4n) is 2.25. The zero-order chi connectivity index (χ0) is 14.0. The van der Waals surface area contributed by atoms with E-state index >= 15 is 0 Å². The van der Waals surface area contributed by atoms with Crippen LogP contribution in [-0.4, -0.2) is 16.1 Å². The predicted molar refractivity (Wildman–Crippen MR) is 82.8 cm³/mol. The van der Waals surface area contributed by atoms with Gasteiger partial charge in [0.1, 0.15) is 0 Å². The van der Waals surface area contributed by atoms with Crippen LogP contribution < -0.4 is 5.32 Å². The summed E-state index contributed by atoms with van der Waals surface area (Å²) >= 11 is 3.56. The third-order valence-corrected chi connectivity index (χ3v) is 3.97. The highest BCUT2D eigenvalue weighted by molar-refractivity contribution is 9.10. The number of rotatable bonds is 4. The number of benzene rings is 1. The minimum Gasteiger partial charge on any atom is -0.310 e. The molecule has 1 aromatic heterocycles. The number of nitrogens with zero attached hydrogens (tertiary/aromatic N) is 2. The molecule has 1 aromatic carbocycles. The molecule has 4 heteroatoms. The van der Waals surface area contributed by atoms with Crippen LogP contribution in [0.2, 0.25) is 0 Å². The molecule has 2 aromatic rings. The first-order chi connectivity index (χ1) is 9.04. The smallest absolute Gasteiger partial charge is 0.0997 e. The average Bonchev–Trinajstić information content (AvgIpc) is 2.70. The van der Waals surface area contributed by atoms with E-state index in [1.807, 2.05) is 13.3 Å². The van der Waals surface area contributed by atoms with Gasteiger partial charge in [0.15, 0.2) is 0 Å². The number of hydrogen-bond donors (Lipinski definition) is 1. The lowest BCUT2D eigenvalue weighted by Crippen LogP contribution is -2.19. The monoisotopic (exact) mass is 321 g/mol. The first kappa shape index (κ1) is 14.3. The van der Waals surface area contributed by atoms with E-state index in [0.717, 1.165) is 16.7 Å². The number of halogens is 1. The molecule has 1 unspecified atom stereocenters. The normalized spacial score (nSPS) is 12.7. The standard InChI is InChI=1S/C15H20BrN3/c1-5-17-11(3)14-8-13(16)6-7-15(14)19-9-18-10(2)12(19)4/h6-9,11,17H,5H2,1-4H3. The number of nitrogens with one attached hydrogen (secondary N) is 1. The van der Waals surface area contributed by atoms with E-state index in [9.17, 15) is 0 Å². The maximum atomic E-state index is 4.39. The minimum absolute atomic E-state index is 0.305. The molecule has 0 aliphatic carbocycles. The zero-order valence-corrected chi connectivity index (χ0v) is 13.5. The van der Waals surface area contributed by atoms with Gasteiger partial charge in [-0.2, -0.15) is 0 Å². The molecule has 0 aliphatic heterocycles. The van der Waals surface area contributed by atoms with Crippen molar-refractivity contribution in [3.05, 3.63) is 46.0 Å². The van der Waals surface area contributed by atoms with E-state index < -0.39 is 0 Å². The Morgan fingerprint density at radius 1 is 1.37 bits per heavy atom. The molecule has 0 saturated heterocycles. The molecule has 0 fully saturated rings. The van der Waals surface area contributed by atoms with Gasteiger partial charge in [-0.3, -0.25) is 0 Å². The number of imidazole rings is 1. The van der Waals surface area contributed by atoms with Crippen LogP contribution in [0.3, 0.4) is 0 Å². The van der Waals surface area contributed by atoms with Gasteiger partial charge < -0.3 is 9.88 Å². The molecule has 0 amide bonds. The lowest BCUT2D eigenvalue weighted by atomic mass is 10.1. The van der Waals surface area contributed by atoms with E-state index in [1.54, 1.807) is 0 Å². The Morgan fingerprint density at radius 2 is 2.11 bits per heavy atom. The lowest BCUT2D eigenvalue weighted by Gasteiger charge is -2.19. The summed E-state index contributed by atoms with van der Waals surface area (Å²) in [5.41, 5.74) is 4.73. The largest absolute Gasteiger partial charge is 0.310 e. The maximum Gasteiger partial charge on any atom is 0.0997 e. The van der Waals surface area contributed by atoms with Crippen LogP contribution in [0.1, 0.15) is 36.8 Å². The van der Waals surface area contributed by atoms with Gasteiger partial charge in [-0.1, -0.05) is 22.9 Å². The van der Waals surface area contributed by atoms with Crippen molar-refractivity contribution < 1.29 is 0 Å². The molecular weight excluding hydrogens is 302 g/mol. The molecule has 1 N–H and O–H groups in total. The van der Waals surface area contributed by atoms with Gasteiger partial charge in [0.25, 0.3) is 0 Å². The minimum atomic E-state index is 0.305. The van der Waals surface area contributed by atoms with E-state index in [0.29, 0.717) is 6.04 Å². The first-order valence-corrected chi connectivity index (χ1v) is 7.37. The first-order valence-electron chi connectivity index (χ1n) is 6.58. The van der Waals surface area contributed by atoms with Crippen LogP contribution in [0, 0.1) is 13.8 Å². The van der Waals surface area contributed by atoms with Crippen molar-refractivity contribution in [2.45, 2.75) is 33.7 Å². The number of aromatic nitrogens is 2. The van der Waals surface area contributed by atoms with Crippen LogP contribution in [-0.2, 0) is 0 Å². The topological polar surface area (TPSA) is 29.9 Å². The average molecular weight is 322 g/mol. The summed E-state index contributed by atoms with van der Waals surface area (Å²) in [5.74, 6) is 0. The van der Waals surface area contributed by atoms with Crippen molar-refractivity contribution in [2.75, 3.05) is 6.54 Å². The molecular formula is C15H20BrN3. The molecule has 0 bridgehead atoms. The van der Waals surface area contributed by atoms with Gasteiger partial charge in [-0.15, -0.1) is 0 Å². The molecule has 0 spiro atoms. The summed E-state index contributed by atoms with van der Waals surface area (Å²) in [6.45, 7) is 9.41. The van der Waals surface area contributed by atoms with Crippen molar-refractivity contribution in [3.63, 3.8) is 0 Å². The van der Waals surface area contributed by atoms with E-state index in [4.69, 9.17) is 0 Å². The van der Waals surface area contributed by atoms with Crippen molar-refractivity contribution >= 4 is 15.9 Å². The van der Waals surface area contributed by atoms with Gasteiger partial charge in [0.05, 0.1) is 17.7 Å². The van der Waals surface area contributed by atoms with Gasteiger partial charge in [0, 0.05) is 16.2 Å². The summed E-state index contributed by atoms with van der Waals surface area (Å²) in [6.07, 6.45) is 1.90. The number of hydrogen-bond acceptors (Lipinski definition) is 2. The third-order valence-electron chi connectivity index (χ3n) is 3.48. The van der Waals surface area contributed by atoms with Crippen molar-refractivity contribution in [1.29, 1.82) is 0 Å². The Morgan fingerprint density at radius 3 is 2.68 bits per heavy atom. The highest BCUT2D eigenvalue weighted by Crippen LogP contribution is 2.27. The highest BCUT2D eigenvalue weighted by Gasteiger charge is 2.14. The summed E-state index contributed by atoms with van der Waals surface area (Å²) in [6, 6.07) is 6.70. The zero-order valence-electron chi connectivity index (χ0n) is 11.9. The molecule has 1 heterocycles. The van der Waals surface area contributed by atoms with E-state index in [2.05, 4.69) is 69.8 Å². The molecule has 0 saturated carbocycles. The van der Waals surface area contributed by atoms with Crippen molar-refractivity contribution in [1.82, 2.24) is 14.9 Å². The van der Waals surface area contributed by atoms with Crippen molar-refractivity contribution in [3.8, 4) is 5.69 Å². The Hall–Kier alpha value is -1.13. The molecule has 1 atom stereocenters. The van der Waals surface area contributed by atoms with Crippen LogP contribution in [0.5, 0.6) is 0 Å². The van der Waals surface area contributed by atoms with E-state index in [1.165, 1.54) is 16.9 Å². The molecule has 0 radical (unpaired) electrons. The lowest BCUT2D eigenvalue weighted by molar-refractivity contribution is 0.595. The second-order valence-corrected chi connectivity index (χ2v) is 5.68. The third kappa shape index (κ3) is 2.90. The molecule has 2 rings (SSSR count). The fraction of sp³-hybridized carbons (Fsp3) is 0.400. The number of aryl methyl sites for hydroxylation is 1. The maximum absolute atomic E-state index is 4.39.